The number of hydrogen-bond acceptors (Lipinski definition) is 6. The average molecular weight is 568 g/mol. The lowest BCUT2D eigenvalue weighted by Gasteiger charge is -2.35. The zero-order valence-electron chi connectivity index (χ0n) is 24.2. The van der Waals surface area contributed by atoms with E-state index in [1.54, 1.807) is 7.11 Å². The van der Waals surface area contributed by atoms with E-state index in [9.17, 15) is 5.11 Å². The van der Waals surface area contributed by atoms with Crippen LogP contribution >= 0.6 is 0 Å². The van der Waals surface area contributed by atoms with Gasteiger partial charge in [-0.05, 0) is 34.4 Å². The second kappa shape index (κ2) is 17.2. The van der Waals surface area contributed by atoms with Gasteiger partial charge in [-0.25, -0.2) is 0 Å². The molecule has 0 radical (unpaired) electrons. The van der Waals surface area contributed by atoms with Crippen molar-refractivity contribution in [3.63, 3.8) is 0 Å². The number of ether oxygens (including phenoxy) is 4. The molecule has 0 saturated heterocycles. The second-order valence-electron chi connectivity index (χ2n) is 10.1. The number of aliphatic hydroxyl groups is 1. The number of aliphatic hydroxyl groups excluding tert-OH is 1. The Balaban J connectivity index is 1.54. The Morgan fingerprint density at radius 1 is 0.667 bits per heavy atom. The SMILES string of the molecule is C=C[C@H](NCc1ccc(OC)cc1)[C@@H](OCc1ccccc1)[C@H](OCc1ccccc1)[C@@H](O)COCc1ccccc1. The van der Waals surface area contributed by atoms with E-state index in [1.165, 1.54) is 0 Å². The smallest absolute Gasteiger partial charge is 0.118 e. The van der Waals surface area contributed by atoms with Crippen LogP contribution in [0.4, 0.5) is 0 Å². The fourth-order valence-electron chi connectivity index (χ4n) is 4.64. The normalized spacial score (nSPS) is 14.0. The van der Waals surface area contributed by atoms with Gasteiger partial charge in [-0.1, -0.05) is 109 Å². The van der Waals surface area contributed by atoms with Gasteiger partial charge in [0.05, 0.1) is 39.6 Å². The van der Waals surface area contributed by atoms with Crippen molar-refractivity contribution in [3.8, 4) is 5.75 Å². The van der Waals surface area contributed by atoms with Gasteiger partial charge in [0.25, 0.3) is 0 Å². The molecule has 0 aromatic heterocycles. The molecule has 0 saturated carbocycles. The molecule has 4 atom stereocenters. The van der Waals surface area contributed by atoms with Gasteiger partial charge in [-0.2, -0.15) is 0 Å². The highest BCUT2D eigenvalue weighted by Gasteiger charge is 2.35. The molecule has 42 heavy (non-hydrogen) atoms. The maximum Gasteiger partial charge on any atom is 0.118 e. The first kappa shape index (κ1) is 31.2. The van der Waals surface area contributed by atoms with Crippen LogP contribution in [0.15, 0.2) is 128 Å². The van der Waals surface area contributed by atoms with E-state index in [1.807, 2.05) is 121 Å². The lowest BCUT2D eigenvalue weighted by Crippen LogP contribution is -2.52. The molecule has 6 nitrogen and oxygen atoms in total. The van der Waals surface area contributed by atoms with Gasteiger partial charge in [0.15, 0.2) is 0 Å². The van der Waals surface area contributed by atoms with Crippen LogP contribution in [0.2, 0.25) is 0 Å². The summed E-state index contributed by atoms with van der Waals surface area (Å²) in [5.41, 5.74) is 4.14. The minimum atomic E-state index is -0.955. The van der Waals surface area contributed by atoms with Crippen molar-refractivity contribution in [1.82, 2.24) is 5.32 Å². The van der Waals surface area contributed by atoms with E-state index >= 15 is 0 Å². The quantitative estimate of drug-likeness (QED) is 0.142. The topological polar surface area (TPSA) is 69.2 Å². The van der Waals surface area contributed by atoms with Gasteiger partial charge in [0.1, 0.15) is 24.1 Å². The molecule has 0 aliphatic carbocycles. The third-order valence-electron chi connectivity index (χ3n) is 6.98. The van der Waals surface area contributed by atoms with Crippen molar-refractivity contribution in [2.45, 2.75) is 50.7 Å². The number of methoxy groups -OCH3 is 1. The largest absolute Gasteiger partial charge is 0.497 e. The molecule has 6 heteroatoms. The van der Waals surface area contributed by atoms with Crippen LogP contribution in [0.1, 0.15) is 22.3 Å². The van der Waals surface area contributed by atoms with Gasteiger partial charge < -0.3 is 29.4 Å². The molecule has 4 rings (SSSR count). The molecule has 0 unspecified atom stereocenters. The second-order valence-corrected chi connectivity index (χ2v) is 10.1. The number of nitrogens with one attached hydrogen (secondary N) is 1. The summed E-state index contributed by atoms with van der Waals surface area (Å²) in [7, 11) is 1.65. The zero-order valence-corrected chi connectivity index (χ0v) is 24.2. The summed E-state index contributed by atoms with van der Waals surface area (Å²) in [6, 6.07) is 37.4. The average Bonchev–Trinajstić information content (AvgIpc) is 3.05. The molecule has 2 N–H and O–H groups in total. The van der Waals surface area contributed by atoms with Crippen molar-refractivity contribution in [1.29, 1.82) is 0 Å². The maximum absolute atomic E-state index is 11.5. The summed E-state index contributed by atoms with van der Waals surface area (Å²) in [6.07, 6.45) is -0.422. The molecule has 0 heterocycles. The highest BCUT2D eigenvalue weighted by molar-refractivity contribution is 5.27. The zero-order chi connectivity index (χ0) is 29.4. The van der Waals surface area contributed by atoms with Crippen molar-refractivity contribution in [2.24, 2.45) is 0 Å². The summed E-state index contributed by atoms with van der Waals surface area (Å²) in [6.45, 7) is 5.81. The molecule has 0 aliphatic heterocycles. The predicted octanol–water partition coefficient (Wildman–Crippen LogP) is 6.09. The minimum Gasteiger partial charge on any atom is -0.497 e. The monoisotopic (exact) mass is 567 g/mol. The van der Waals surface area contributed by atoms with Crippen LogP contribution in [-0.2, 0) is 40.6 Å². The Hall–Kier alpha value is -3.78. The molecule has 0 spiro atoms. The number of benzene rings is 4. The molecule has 0 fully saturated rings. The van der Waals surface area contributed by atoms with Crippen molar-refractivity contribution < 1.29 is 24.1 Å². The Bertz CT molecular complexity index is 1280. The molecule has 0 bridgehead atoms. The molecule has 0 amide bonds. The third-order valence-corrected chi connectivity index (χ3v) is 6.98. The predicted molar refractivity (Wildman–Crippen MR) is 166 cm³/mol. The first-order valence-electron chi connectivity index (χ1n) is 14.3. The van der Waals surface area contributed by atoms with Gasteiger partial charge in [-0.3, -0.25) is 0 Å². The Kier molecular flexibility index (Phi) is 12.8. The molecule has 4 aromatic carbocycles. The van der Waals surface area contributed by atoms with E-state index < -0.39 is 18.3 Å². The van der Waals surface area contributed by atoms with Crippen LogP contribution in [0, 0.1) is 0 Å². The van der Waals surface area contributed by atoms with Crippen molar-refractivity contribution >= 4 is 0 Å². The van der Waals surface area contributed by atoms with Gasteiger partial charge in [-0.15, -0.1) is 6.58 Å². The van der Waals surface area contributed by atoms with Crippen molar-refractivity contribution in [2.75, 3.05) is 13.7 Å². The molecule has 220 valence electrons. The van der Waals surface area contributed by atoms with E-state index in [0.29, 0.717) is 26.4 Å². The Morgan fingerprint density at radius 3 is 1.67 bits per heavy atom. The highest BCUT2D eigenvalue weighted by Crippen LogP contribution is 2.20. The van der Waals surface area contributed by atoms with Crippen LogP contribution in [0.3, 0.4) is 0 Å². The summed E-state index contributed by atoms with van der Waals surface area (Å²) in [4.78, 5) is 0. The van der Waals surface area contributed by atoms with Crippen LogP contribution < -0.4 is 10.1 Å². The Morgan fingerprint density at radius 2 is 1.17 bits per heavy atom. The van der Waals surface area contributed by atoms with Crippen LogP contribution in [-0.4, -0.2) is 43.2 Å². The van der Waals surface area contributed by atoms with Gasteiger partial charge >= 0.3 is 0 Å². The molecule has 4 aromatic rings. The van der Waals surface area contributed by atoms with E-state index in [-0.39, 0.29) is 12.6 Å². The minimum absolute atomic E-state index is 0.0852. The van der Waals surface area contributed by atoms with E-state index in [4.69, 9.17) is 18.9 Å². The lowest BCUT2D eigenvalue weighted by atomic mass is 9.99. The molecular weight excluding hydrogens is 526 g/mol. The molecular formula is C36H41NO5. The van der Waals surface area contributed by atoms with E-state index in [0.717, 1.165) is 28.0 Å². The summed E-state index contributed by atoms with van der Waals surface area (Å²) in [5.74, 6) is 0.802. The van der Waals surface area contributed by atoms with Gasteiger partial charge in [0, 0.05) is 6.54 Å². The van der Waals surface area contributed by atoms with Crippen LogP contribution in [0.5, 0.6) is 5.75 Å². The number of rotatable bonds is 18. The summed E-state index contributed by atoms with van der Waals surface area (Å²) < 4.78 is 24.2. The number of hydrogen-bond donors (Lipinski definition) is 2. The Labute approximate surface area is 249 Å². The lowest BCUT2D eigenvalue weighted by molar-refractivity contribution is -0.152. The fourth-order valence-corrected chi connectivity index (χ4v) is 4.64. The first-order chi connectivity index (χ1) is 20.7. The van der Waals surface area contributed by atoms with Crippen LogP contribution in [0.25, 0.3) is 0 Å². The molecule has 0 aliphatic rings. The summed E-state index contributed by atoms with van der Waals surface area (Å²) >= 11 is 0. The first-order valence-corrected chi connectivity index (χ1v) is 14.3. The highest BCUT2D eigenvalue weighted by atomic mass is 16.6. The van der Waals surface area contributed by atoms with Gasteiger partial charge in [0.2, 0.25) is 0 Å². The fraction of sp³-hybridized carbons (Fsp3) is 0.278. The maximum atomic E-state index is 11.5. The van der Waals surface area contributed by atoms with Crippen molar-refractivity contribution in [3.05, 3.63) is 150 Å². The summed E-state index contributed by atoms with van der Waals surface area (Å²) in [5, 5.41) is 15.1. The van der Waals surface area contributed by atoms with E-state index in [2.05, 4.69) is 11.9 Å². The third kappa shape index (κ3) is 9.94. The standard InChI is InChI=1S/C36H41NO5/c1-3-33(37-23-28-19-21-32(39-2)22-20-28)35(41-25-30-15-9-5-10-16-30)36(42-26-31-17-11-6-12-18-31)34(38)27-40-24-29-13-7-4-8-14-29/h3-22,33-38H,1,23-27H2,2H3/t33-,34-,35+,36+/m0/s1.